The number of methoxy groups -OCH3 is 2. The van der Waals surface area contributed by atoms with E-state index in [9.17, 15) is 5.11 Å². The zero-order valence-electron chi connectivity index (χ0n) is 9.68. The lowest BCUT2D eigenvalue weighted by atomic mass is 10.1. The summed E-state index contributed by atoms with van der Waals surface area (Å²) in [5.41, 5.74) is 1.09. The highest BCUT2D eigenvalue weighted by Gasteiger charge is 2.16. The van der Waals surface area contributed by atoms with Crippen LogP contribution in [0.1, 0.15) is 0 Å². The van der Waals surface area contributed by atoms with Crippen LogP contribution >= 0.6 is 0 Å². The number of nitrogens with zero attached hydrogens (tertiary/aromatic N) is 1. The monoisotopic (exact) mass is 231 g/mol. The summed E-state index contributed by atoms with van der Waals surface area (Å²) in [6.07, 6.45) is 1.61. The zero-order valence-corrected chi connectivity index (χ0v) is 9.68. The Balaban J connectivity index is 2.69. The fourth-order valence-electron chi connectivity index (χ4n) is 1.67. The van der Waals surface area contributed by atoms with E-state index in [0.717, 1.165) is 0 Å². The van der Waals surface area contributed by atoms with Gasteiger partial charge in [0.05, 0.1) is 19.8 Å². The molecule has 1 aromatic carbocycles. The average molecular weight is 231 g/mol. The molecule has 0 aliphatic heterocycles. The molecule has 0 saturated heterocycles. The molecule has 0 aliphatic carbocycles. The first kappa shape index (κ1) is 11.3. The Morgan fingerprint density at radius 3 is 2.18 bits per heavy atom. The largest absolute Gasteiger partial charge is 0.506 e. The quantitative estimate of drug-likeness (QED) is 0.881. The van der Waals surface area contributed by atoms with E-state index < -0.39 is 0 Å². The van der Waals surface area contributed by atoms with Gasteiger partial charge in [-0.3, -0.25) is 4.98 Å². The molecule has 1 heterocycles. The molecule has 0 fully saturated rings. The lowest BCUT2D eigenvalue weighted by molar-refractivity contribution is 0.396. The van der Waals surface area contributed by atoms with E-state index in [1.807, 2.05) is 6.07 Å². The first-order chi connectivity index (χ1) is 8.27. The highest BCUT2D eigenvalue weighted by molar-refractivity contribution is 5.77. The summed E-state index contributed by atoms with van der Waals surface area (Å²) in [6.45, 7) is 0. The number of hydrogen-bond donors (Lipinski definition) is 1. The van der Waals surface area contributed by atoms with Crippen molar-refractivity contribution in [2.75, 3.05) is 14.2 Å². The van der Waals surface area contributed by atoms with Crippen LogP contribution in [0.3, 0.4) is 0 Å². The highest BCUT2D eigenvalue weighted by atomic mass is 16.5. The molecule has 88 valence electrons. The molecule has 1 N–H and O–H groups in total. The Morgan fingerprint density at radius 1 is 1.00 bits per heavy atom. The Hall–Kier alpha value is -2.23. The summed E-state index contributed by atoms with van der Waals surface area (Å²) >= 11 is 0. The van der Waals surface area contributed by atoms with Crippen molar-refractivity contribution in [2.45, 2.75) is 0 Å². The fraction of sp³-hybridized carbons (Fsp3) is 0.154. The normalized spacial score (nSPS) is 10.0. The minimum Gasteiger partial charge on any atom is -0.506 e. The standard InChI is InChI=1S/C13H13NO3/c1-16-10-6-3-7-11(17-2)12(10)13-9(15)5-4-8-14-13/h3-8,15H,1-2H3. The summed E-state index contributed by atoms with van der Waals surface area (Å²) in [6, 6.07) is 8.66. The molecule has 4 heteroatoms. The van der Waals surface area contributed by atoms with Crippen LogP contribution in [0.2, 0.25) is 0 Å². The molecule has 0 unspecified atom stereocenters. The van der Waals surface area contributed by atoms with E-state index in [2.05, 4.69) is 4.98 Å². The van der Waals surface area contributed by atoms with Gasteiger partial charge in [0.15, 0.2) is 0 Å². The Bertz CT molecular complexity index is 504. The number of aromatic hydroxyl groups is 1. The van der Waals surface area contributed by atoms with Gasteiger partial charge < -0.3 is 14.6 Å². The van der Waals surface area contributed by atoms with Crippen LogP contribution in [0.15, 0.2) is 36.5 Å². The summed E-state index contributed by atoms with van der Waals surface area (Å²) in [5.74, 6) is 1.31. The third-order valence-electron chi connectivity index (χ3n) is 2.45. The number of aromatic nitrogens is 1. The lowest BCUT2D eigenvalue weighted by Gasteiger charge is -2.13. The SMILES string of the molecule is COc1cccc(OC)c1-c1ncccc1O. The highest BCUT2D eigenvalue weighted by Crippen LogP contribution is 2.40. The van der Waals surface area contributed by atoms with E-state index in [1.165, 1.54) is 0 Å². The van der Waals surface area contributed by atoms with E-state index >= 15 is 0 Å². The number of ether oxygens (including phenoxy) is 2. The van der Waals surface area contributed by atoms with Gasteiger partial charge >= 0.3 is 0 Å². The van der Waals surface area contributed by atoms with Crippen molar-refractivity contribution in [3.8, 4) is 28.5 Å². The summed E-state index contributed by atoms with van der Waals surface area (Å²) in [5, 5.41) is 9.83. The van der Waals surface area contributed by atoms with Gasteiger partial charge in [0, 0.05) is 6.20 Å². The van der Waals surface area contributed by atoms with E-state index in [-0.39, 0.29) is 5.75 Å². The van der Waals surface area contributed by atoms with Crippen LogP contribution in [0.25, 0.3) is 11.3 Å². The Morgan fingerprint density at radius 2 is 1.65 bits per heavy atom. The van der Waals surface area contributed by atoms with Crippen LogP contribution < -0.4 is 9.47 Å². The molecule has 0 radical (unpaired) electrons. The minimum atomic E-state index is 0.0929. The molecule has 0 bridgehead atoms. The molecule has 4 nitrogen and oxygen atoms in total. The van der Waals surface area contributed by atoms with Gasteiger partial charge in [-0.2, -0.15) is 0 Å². The molecule has 0 spiro atoms. The van der Waals surface area contributed by atoms with Gasteiger partial charge in [0.2, 0.25) is 0 Å². The van der Waals surface area contributed by atoms with Crippen molar-refractivity contribution in [1.29, 1.82) is 0 Å². The van der Waals surface area contributed by atoms with Gasteiger partial charge in [0.1, 0.15) is 22.9 Å². The molecule has 2 rings (SSSR count). The maximum atomic E-state index is 9.83. The molecular weight excluding hydrogens is 218 g/mol. The van der Waals surface area contributed by atoms with Gasteiger partial charge in [-0.1, -0.05) is 6.07 Å². The smallest absolute Gasteiger partial charge is 0.142 e. The van der Waals surface area contributed by atoms with Crippen LogP contribution in [0.4, 0.5) is 0 Å². The van der Waals surface area contributed by atoms with Gasteiger partial charge in [-0.25, -0.2) is 0 Å². The van der Waals surface area contributed by atoms with Crippen LogP contribution in [0.5, 0.6) is 17.2 Å². The third-order valence-corrected chi connectivity index (χ3v) is 2.45. The fourth-order valence-corrected chi connectivity index (χ4v) is 1.67. The van der Waals surface area contributed by atoms with Crippen LogP contribution in [-0.2, 0) is 0 Å². The molecule has 0 saturated carbocycles. The second-order valence-electron chi connectivity index (χ2n) is 3.41. The van der Waals surface area contributed by atoms with Crippen molar-refractivity contribution >= 4 is 0 Å². The second kappa shape index (κ2) is 4.74. The number of hydrogen-bond acceptors (Lipinski definition) is 4. The minimum absolute atomic E-state index is 0.0929. The topological polar surface area (TPSA) is 51.6 Å². The summed E-state index contributed by atoms with van der Waals surface area (Å²) < 4.78 is 10.5. The lowest BCUT2D eigenvalue weighted by Crippen LogP contribution is -1.94. The Labute approximate surface area is 99.5 Å². The second-order valence-corrected chi connectivity index (χ2v) is 3.41. The van der Waals surface area contributed by atoms with Crippen molar-refractivity contribution < 1.29 is 14.6 Å². The van der Waals surface area contributed by atoms with Crippen LogP contribution in [-0.4, -0.2) is 24.3 Å². The van der Waals surface area contributed by atoms with E-state index in [4.69, 9.17) is 9.47 Å². The van der Waals surface area contributed by atoms with E-state index in [1.54, 1.807) is 44.7 Å². The van der Waals surface area contributed by atoms with E-state index in [0.29, 0.717) is 22.8 Å². The molecule has 0 atom stereocenters. The van der Waals surface area contributed by atoms with Crippen molar-refractivity contribution in [3.63, 3.8) is 0 Å². The number of benzene rings is 1. The molecule has 17 heavy (non-hydrogen) atoms. The van der Waals surface area contributed by atoms with Gasteiger partial charge in [-0.15, -0.1) is 0 Å². The number of rotatable bonds is 3. The summed E-state index contributed by atoms with van der Waals surface area (Å²) in [7, 11) is 3.14. The zero-order chi connectivity index (χ0) is 12.3. The molecule has 0 amide bonds. The summed E-state index contributed by atoms with van der Waals surface area (Å²) in [4.78, 5) is 4.16. The first-order valence-corrected chi connectivity index (χ1v) is 5.13. The first-order valence-electron chi connectivity index (χ1n) is 5.13. The van der Waals surface area contributed by atoms with Gasteiger partial charge in [0.25, 0.3) is 0 Å². The number of pyridine rings is 1. The van der Waals surface area contributed by atoms with Crippen molar-refractivity contribution in [3.05, 3.63) is 36.5 Å². The molecular formula is C13H13NO3. The maximum absolute atomic E-state index is 9.83. The third kappa shape index (κ3) is 2.01. The predicted molar refractivity (Wildman–Crippen MR) is 64.4 cm³/mol. The molecule has 0 aliphatic rings. The van der Waals surface area contributed by atoms with Crippen molar-refractivity contribution in [2.24, 2.45) is 0 Å². The van der Waals surface area contributed by atoms with Crippen molar-refractivity contribution in [1.82, 2.24) is 4.98 Å². The molecule has 2 aromatic rings. The van der Waals surface area contributed by atoms with Crippen LogP contribution in [0, 0.1) is 0 Å². The maximum Gasteiger partial charge on any atom is 0.142 e. The average Bonchev–Trinajstić information content (AvgIpc) is 2.38. The van der Waals surface area contributed by atoms with Gasteiger partial charge in [-0.05, 0) is 24.3 Å². The Kier molecular flexibility index (Phi) is 3.14. The predicted octanol–water partition coefficient (Wildman–Crippen LogP) is 2.47. The molecule has 1 aromatic heterocycles.